The highest BCUT2D eigenvalue weighted by atomic mass is 15.2. The Kier molecular flexibility index (Phi) is 4.78. The molecule has 1 aromatic heterocycles. The summed E-state index contributed by atoms with van der Waals surface area (Å²) in [5, 5.41) is 9.08. The summed E-state index contributed by atoms with van der Waals surface area (Å²) >= 11 is 0. The van der Waals surface area contributed by atoms with Gasteiger partial charge in [0, 0.05) is 18.8 Å². The Balaban J connectivity index is 3.06. The van der Waals surface area contributed by atoms with Crippen molar-refractivity contribution in [1.29, 1.82) is 5.26 Å². The zero-order valence-corrected chi connectivity index (χ0v) is 10.3. The van der Waals surface area contributed by atoms with E-state index in [-0.39, 0.29) is 0 Å². The van der Waals surface area contributed by atoms with Gasteiger partial charge in [0.05, 0.1) is 5.56 Å². The minimum Gasteiger partial charge on any atom is -0.356 e. The van der Waals surface area contributed by atoms with Gasteiger partial charge in [-0.2, -0.15) is 5.26 Å². The summed E-state index contributed by atoms with van der Waals surface area (Å²) in [5.41, 5.74) is 1.64. The third-order valence-corrected chi connectivity index (χ3v) is 2.42. The van der Waals surface area contributed by atoms with E-state index in [1.54, 1.807) is 0 Å². The fraction of sp³-hybridized carbons (Fsp3) is 0.538. The number of rotatable bonds is 5. The van der Waals surface area contributed by atoms with E-state index in [0.29, 0.717) is 5.56 Å². The maximum absolute atomic E-state index is 9.08. The Morgan fingerprint density at radius 1 is 1.25 bits per heavy atom. The molecule has 3 heteroatoms. The molecule has 0 fully saturated rings. The van der Waals surface area contributed by atoms with E-state index in [9.17, 15) is 0 Å². The van der Waals surface area contributed by atoms with Crippen LogP contribution in [0.1, 0.15) is 37.9 Å². The molecule has 1 aromatic rings. The topological polar surface area (TPSA) is 39.9 Å². The smallest absolute Gasteiger partial charge is 0.146 e. The summed E-state index contributed by atoms with van der Waals surface area (Å²) in [6, 6.07) is 5.96. The maximum atomic E-state index is 9.08. The van der Waals surface area contributed by atoms with E-state index in [2.05, 4.69) is 29.8 Å². The molecule has 0 aliphatic rings. The Labute approximate surface area is 97.7 Å². The van der Waals surface area contributed by atoms with Crippen molar-refractivity contribution in [1.82, 2.24) is 4.98 Å². The number of anilines is 1. The molecule has 0 atom stereocenters. The normalized spacial score (nSPS) is 9.88. The molecule has 0 saturated carbocycles. The monoisotopic (exact) mass is 217 g/mol. The van der Waals surface area contributed by atoms with E-state index in [1.807, 2.05) is 19.1 Å². The molecule has 0 aliphatic carbocycles. The van der Waals surface area contributed by atoms with Crippen molar-refractivity contribution in [3.63, 3.8) is 0 Å². The molecule has 0 aliphatic heterocycles. The summed E-state index contributed by atoms with van der Waals surface area (Å²) < 4.78 is 0. The van der Waals surface area contributed by atoms with Gasteiger partial charge >= 0.3 is 0 Å². The number of nitriles is 1. The van der Waals surface area contributed by atoms with Crippen LogP contribution in [-0.4, -0.2) is 18.1 Å². The molecule has 86 valence electrons. The standard InChI is InChI=1S/C13H19N3/c1-4-8-16(9-5-2)13-12(10-14)7-6-11(3)15-13/h6-7H,4-5,8-9H2,1-3H3. The highest BCUT2D eigenvalue weighted by molar-refractivity contribution is 5.54. The second-order valence-electron chi connectivity index (χ2n) is 3.92. The molecule has 0 unspecified atom stereocenters. The summed E-state index contributed by atoms with van der Waals surface area (Å²) in [4.78, 5) is 6.68. The predicted octanol–water partition coefficient (Wildman–Crippen LogP) is 2.89. The van der Waals surface area contributed by atoms with Crippen molar-refractivity contribution in [2.45, 2.75) is 33.6 Å². The van der Waals surface area contributed by atoms with E-state index < -0.39 is 0 Å². The maximum Gasteiger partial charge on any atom is 0.146 e. The fourth-order valence-corrected chi connectivity index (χ4v) is 1.73. The van der Waals surface area contributed by atoms with E-state index in [4.69, 9.17) is 5.26 Å². The molecular weight excluding hydrogens is 198 g/mol. The molecule has 0 spiro atoms. The lowest BCUT2D eigenvalue weighted by atomic mass is 10.2. The SMILES string of the molecule is CCCN(CCC)c1nc(C)ccc1C#N. The molecule has 0 bridgehead atoms. The van der Waals surface area contributed by atoms with E-state index in [0.717, 1.165) is 37.4 Å². The lowest BCUT2D eigenvalue weighted by Crippen LogP contribution is -2.26. The molecule has 0 saturated heterocycles. The van der Waals surface area contributed by atoms with Gasteiger partial charge in [-0.25, -0.2) is 4.98 Å². The molecule has 3 nitrogen and oxygen atoms in total. The number of pyridine rings is 1. The minimum atomic E-state index is 0.674. The van der Waals surface area contributed by atoms with Crippen LogP contribution in [0.2, 0.25) is 0 Å². The Morgan fingerprint density at radius 2 is 1.88 bits per heavy atom. The number of aryl methyl sites for hydroxylation is 1. The number of hydrogen-bond acceptors (Lipinski definition) is 3. The van der Waals surface area contributed by atoms with Crippen molar-refractivity contribution >= 4 is 5.82 Å². The first kappa shape index (κ1) is 12.5. The van der Waals surface area contributed by atoms with Crippen LogP contribution < -0.4 is 4.90 Å². The van der Waals surface area contributed by atoms with Crippen molar-refractivity contribution in [3.8, 4) is 6.07 Å². The van der Waals surface area contributed by atoms with Gasteiger partial charge in [-0.1, -0.05) is 13.8 Å². The van der Waals surface area contributed by atoms with Gasteiger partial charge in [0.25, 0.3) is 0 Å². The molecule has 0 amide bonds. The van der Waals surface area contributed by atoms with Gasteiger partial charge in [0.2, 0.25) is 0 Å². The molecule has 0 aromatic carbocycles. The van der Waals surface area contributed by atoms with Gasteiger partial charge in [-0.3, -0.25) is 0 Å². The number of hydrogen-bond donors (Lipinski definition) is 0. The minimum absolute atomic E-state index is 0.674. The predicted molar refractivity (Wildman–Crippen MR) is 66.5 cm³/mol. The van der Waals surface area contributed by atoms with Gasteiger partial charge in [0.15, 0.2) is 0 Å². The summed E-state index contributed by atoms with van der Waals surface area (Å²) in [6.45, 7) is 8.16. The summed E-state index contributed by atoms with van der Waals surface area (Å²) in [6.07, 6.45) is 2.14. The van der Waals surface area contributed by atoms with Crippen LogP contribution in [0.15, 0.2) is 12.1 Å². The first-order chi connectivity index (χ1) is 7.72. The van der Waals surface area contributed by atoms with Crippen LogP contribution in [0.4, 0.5) is 5.82 Å². The zero-order chi connectivity index (χ0) is 12.0. The van der Waals surface area contributed by atoms with Crippen molar-refractivity contribution < 1.29 is 0 Å². The van der Waals surface area contributed by atoms with Crippen LogP contribution in [-0.2, 0) is 0 Å². The number of nitrogens with zero attached hydrogens (tertiary/aromatic N) is 3. The average Bonchev–Trinajstić information content (AvgIpc) is 2.29. The van der Waals surface area contributed by atoms with E-state index >= 15 is 0 Å². The molecular formula is C13H19N3. The summed E-state index contributed by atoms with van der Waals surface area (Å²) in [5.74, 6) is 0.839. The number of aromatic nitrogens is 1. The Hall–Kier alpha value is -1.56. The van der Waals surface area contributed by atoms with Crippen LogP contribution in [0.25, 0.3) is 0 Å². The second kappa shape index (κ2) is 6.12. The van der Waals surface area contributed by atoms with Gasteiger partial charge in [-0.05, 0) is 31.9 Å². The molecule has 1 rings (SSSR count). The molecule has 16 heavy (non-hydrogen) atoms. The van der Waals surface area contributed by atoms with Crippen molar-refractivity contribution in [3.05, 3.63) is 23.4 Å². The first-order valence-corrected chi connectivity index (χ1v) is 5.85. The van der Waals surface area contributed by atoms with Gasteiger partial charge < -0.3 is 4.90 Å². The van der Waals surface area contributed by atoms with Crippen LogP contribution >= 0.6 is 0 Å². The van der Waals surface area contributed by atoms with Crippen molar-refractivity contribution in [2.24, 2.45) is 0 Å². The quantitative estimate of drug-likeness (QED) is 0.761. The molecule has 0 radical (unpaired) electrons. The third-order valence-electron chi connectivity index (χ3n) is 2.42. The van der Waals surface area contributed by atoms with Gasteiger partial charge in [-0.15, -0.1) is 0 Å². The lowest BCUT2D eigenvalue weighted by Gasteiger charge is -2.23. The first-order valence-electron chi connectivity index (χ1n) is 5.85. The third kappa shape index (κ3) is 2.96. The second-order valence-corrected chi connectivity index (χ2v) is 3.92. The van der Waals surface area contributed by atoms with Crippen molar-refractivity contribution in [2.75, 3.05) is 18.0 Å². The zero-order valence-electron chi connectivity index (χ0n) is 10.3. The Morgan fingerprint density at radius 3 is 2.38 bits per heavy atom. The highest BCUT2D eigenvalue weighted by Crippen LogP contribution is 2.18. The Bertz CT molecular complexity index is 373. The van der Waals surface area contributed by atoms with Crippen LogP contribution in [0.3, 0.4) is 0 Å². The van der Waals surface area contributed by atoms with Crippen LogP contribution in [0.5, 0.6) is 0 Å². The summed E-state index contributed by atoms with van der Waals surface area (Å²) in [7, 11) is 0. The van der Waals surface area contributed by atoms with Crippen LogP contribution in [0, 0.1) is 18.3 Å². The highest BCUT2D eigenvalue weighted by Gasteiger charge is 2.11. The van der Waals surface area contributed by atoms with Gasteiger partial charge in [0.1, 0.15) is 11.9 Å². The fourth-order valence-electron chi connectivity index (χ4n) is 1.73. The lowest BCUT2D eigenvalue weighted by molar-refractivity contribution is 0.732. The molecule has 1 heterocycles. The average molecular weight is 217 g/mol. The van der Waals surface area contributed by atoms with E-state index in [1.165, 1.54) is 0 Å². The molecule has 0 N–H and O–H groups in total. The largest absolute Gasteiger partial charge is 0.356 e.